The van der Waals surface area contributed by atoms with Crippen LogP contribution in [0.1, 0.15) is 11.1 Å². The Labute approximate surface area is 106 Å². The zero-order chi connectivity index (χ0) is 13.0. The van der Waals surface area contributed by atoms with E-state index in [-0.39, 0.29) is 0 Å². The molecule has 0 aliphatic rings. The standard InChI is InChI=1S/C15H13N3/c1-3-12-14(8-9-17-15(12)18-10-16)13-7-5-4-6-11(13)2/h3-9H,1H2,2H3,(H,17,18). The molecule has 0 bridgehead atoms. The molecule has 0 unspecified atom stereocenters. The third-order valence-corrected chi connectivity index (χ3v) is 2.80. The maximum absolute atomic E-state index is 8.72. The van der Waals surface area contributed by atoms with Crippen molar-refractivity contribution in [3.05, 3.63) is 54.2 Å². The molecule has 1 aromatic heterocycles. The predicted molar refractivity (Wildman–Crippen MR) is 73.7 cm³/mol. The number of hydrogen-bond acceptors (Lipinski definition) is 3. The summed E-state index contributed by atoms with van der Waals surface area (Å²) < 4.78 is 0. The van der Waals surface area contributed by atoms with E-state index in [0.29, 0.717) is 5.82 Å². The van der Waals surface area contributed by atoms with Crippen LogP contribution in [0.4, 0.5) is 5.82 Å². The van der Waals surface area contributed by atoms with Gasteiger partial charge < -0.3 is 0 Å². The molecule has 0 aliphatic heterocycles. The van der Waals surface area contributed by atoms with Gasteiger partial charge in [0.05, 0.1) is 0 Å². The van der Waals surface area contributed by atoms with Gasteiger partial charge in [0, 0.05) is 11.8 Å². The Morgan fingerprint density at radius 1 is 1.28 bits per heavy atom. The van der Waals surface area contributed by atoms with E-state index in [0.717, 1.165) is 16.7 Å². The quantitative estimate of drug-likeness (QED) is 0.653. The molecule has 0 radical (unpaired) electrons. The Bertz CT molecular complexity index is 624. The van der Waals surface area contributed by atoms with E-state index >= 15 is 0 Å². The maximum atomic E-state index is 8.72. The van der Waals surface area contributed by atoms with Crippen molar-refractivity contribution in [1.29, 1.82) is 5.26 Å². The molecule has 88 valence electrons. The van der Waals surface area contributed by atoms with Crippen LogP contribution in [-0.2, 0) is 0 Å². The lowest BCUT2D eigenvalue weighted by atomic mass is 9.97. The molecule has 0 atom stereocenters. The molecule has 1 N–H and O–H groups in total. The van der Waals surface area contributed by atoms with Crippen molar-refractivity contribution >= 4 is 11.9 Å². The Morgan fingerprint density at radius 2 is 2.06 bits per heavy atom. The average Bonchev–Trinajstić information content (AvgIpc) is 2.39. The third kappa shape index (κ3) is 2.09. The van der Waals surface area contributed by atoms with Crippen LogP contribution in [0.2, 0.25) is 0 Å². The van der Waals surface area contributed by atoms with Gasteiger partial charge in [0.25, 0.3) is 0 Å². The van der Waals surface area contributed by atoms with Crippen molar-refractivity contribution in [3.63, 3.8) is 0 Å². The zero-order valence-corrected chi connectivity index (χ0v) is 10.1. The monoisotopic (exact) mass is 235 g/mol. The Morgan fingerprint density at radius 3 is 2.72 bits per heavy atom. The number of nitrogens with zero attached hydrogens (tertiary/aromatic N) is 2. The van der Waals surface area contributed by atoms with Crippen LogP contribution in [0, 0.1) is 18.4 Å². The molecule has 0 saturated heterocycles. The zero-order valence-electron chi connectivity index (χ0n) is 10.1. The number of nitriles is 1. The fourth-order valence-electron chi connectivity index (χ4n) is 1.94. The summed E-state index contributed by atoms with van der Waals surface area (Å²) in [7, 11) is 0. The minimum atomic E-state index is 0.535. The number of hydrogen-bond donors (Lipinski definition) is 1. The summed E-state index contributed by atoms with van der Waals surface area (Å²) in [5.74, 6) is 0.535. The Hall–Kier alpha value is -2.60. The Balaban J connectivity index is 2.65. The van der Waals surface area contributed by atoms with Gasteiger partial charge in [0.2, 0.25) is 0 Å². The van der Waals surface area contributed by atoms with E-state index in [2.05, 4.69) is 29.9 Å². The van der Waals surface area contributed by atoms with Gasteiger partial charge in [-0.15, -0.1) is 0 Å². The van der Waals surface area contributed by atoms with Crippen molar-refractivity contribution in [3.8, 4) is 17.3 Å². The predicted octanol–water partition coefficient (Wildman–Crippen LogP) is 3.59. The lowest BCUT2D eigenvalue weighted by Gasteiger charge is -2.11. The summed E-state index contributed by atoms with van der Waals surface area (Å²) >= 11 is 0. The fourth-order valence-corrected chi connectivity index (χ4v) is 1.94. The van der Waals surface area contributed by atoms with Crippen LogP contribution < -0.4 is 5.32 Å². The fraction of sp³-hybridized carbons (Fsp3) is 0.0667. The Kier molecular flexibility index (Phi) is 3.40. The molecule has 3 nitrogen and oxygen atoms in total. The van der Waals surface area contributed by atoms with Crippen LogP contribution in [0.15, 0.2) is 43.1 Å². The molecule has 0 saturated carbocycles. The average molecular weight is 235 g/mol. The molecule has 0 spiro atoms. The first-order chi connectivity index (χ1) is 8.77. The summed E-state index contributed by atoms with van der Waals surface area (Å²) in [5, 5.41) is 11.3. The number of aromatic nitrogens is 1. The van der Waals surface area contributed by atoms with Crippen molar-refractivity contribution < 1.29 is 0 Å². The molecule has 18 heavy (non-hydrogen) atoms. The van der Waals surface area contributed by atoms with Crippen molar-refractivity contribution in [2.75, 3.05) is 5.32 Å². The minimum absolute atomic E-state index is 0.535. The molecule has 0 amide bonds. The van der Waals surface area contributed by atoms with Crippen LogP contribution in [0.3, 0.4) is 0 Å². The highest BCUT2D eigenvalue weighted by atomic mass is 15.0. The number of benzene rings is 1. The first kappa shape index (κ1) is 11.9. The molecule has 2 aromatic rings. The van der Waals surface area contributed by atoms with Crippen LogP contribution in [-0.4, -0.2) is 4.98 Å². The van der Waals surface area contributed by atoms with E-state index < -0.39 is 0 Å². The lowest BCUT2D eigenvalue weighted by Crippen LogP contribution is -1.97. The smallest absolute Gasteiger partial charge is 0.182 e. The number of anilines is 1. The van der Waals surface area contributed by atoms with E-state index in [4.69, 9.17) is 5.26 Å². The summed E-state index contributed by atoms with van der Waals surface area (Å²) in [6.07, 6.45) is 5.30. The van der Waals surface area contributed by atoms with E-state index in [1.54, 1.807) is 12.3 Å². The highest BCUT2D eigenvalue weighted by Gasteiger charge is 2.09. The summed E-state index contributed by atoms with van der Waals surface area (Å²) in [6.45, 7) is 5.86. The highest BCUT2D eigenvalue weighted by Crippen LogP contribution is 2.30. The van der Waals surface area contributed by atoms with Crippen LogP contribution in [0.25, 0.3) is 17.2 Å². The van der Waals surface area contributed by atoms with Gasteiger partial charge in [0.15, 0.2) is 6.19 Å². The topological polar surface area (TPSA) is 48.7 Å². The largest absolute Gasteiger partial charge is 0.276 e. The molecular formula is C15H13N3. The highest BCUT2D eigenvalue weighted by molar-refractivity contribution is 5.82. The van der Waals surface area contributed by atoms with Crippen molar-refractivity contribution in [2.45, 2.75) is 6.92 Å². The first-order valence-corrected chi connectivity index (χ1v) is 5.60. The molecule has 2 rings (SSSR count). The molecular weight excluding hydrogens is 222 g/mol. The second-order valence-electron chi connectivity index (χ2n) is 3.88. The van der Waals surface area contributed by atoms with Gasteiger partial charge in [-0.25, -0.2) is 4.98 Å². The number of pyridine rings is 1. The second kappa shape index (κ2) is 5.15. The number of rotatable bonds is 3. The second-order valence-corrected chi connectivity index (χ2v) is 3.88. The van der Waals surface area contributed by atoms with Crippen molar-refractivity contribution in [2.24, 2.45) is 0 Å². The van der Waals surface area contributed by atoms with Gasteiger partial charge >= 0.3 is 0 Å². The summed E-state index contributed by atoms with van der Waals surface area (Å²) in [4.78, 5) is 4.15. The van der Waals surface area contributed by atoms with E-state index in [9.17, 15) is 0 Å². The van der Waals surface area contributed by atoms with E-state index in [1.165, 1.54) is 5.56 Å². The van der Waals surface area contributed by atoms with Crippen LogP contribution in [0.5, 0.6) is 0 Å². The first-order valence-electron chi connectivity index (χ1n) is 5.60. The molecule has 1 aromatic carbocycles. The summed E-state index contributed by atoms with van der Waals surface area (Å²) in [6, 6.07) is 10.0. The SMILES string of the molecule is C=Cc1c(-c2ccccc2C)ccnc1NC#N. The number of nitrogens with one attached hydrogen (secondary N) is 1. The minimum Gasteiger partial charge on any atom is -0.276 e. The normalized spacial score (nSPS) is 9.56. The van der Waals surface area contributed by atoms with Gasteiger partial charge in [-0.1, -0.05) is 36.9 Å². The molecule has 0 fully saturated rings. The molecule has 0 aliphatic carbocycles. The third-order valence-electron chi connectivity index (χ3n) is 2.80. The lowest BCUT2D eigenvalue weighted by molar-refractivity contribution is 1.29. The molecule has 3 heteroatoms. The molecule has 1 heterocycles. The van der Waals surface area contributed by atoms with Crippen LogP contribution >= 0.6 is 0 Å². The van der Waals surface area contributed by atoms with Gasteiger partial charge in [0.1, 0.15) is 5.82 Å². The van der Waals surface area contributed by atoms with Crippen molar-refractivity contribution in [1.82, 2.24) is 4.98 Å². The van der Waals surface area contributed by atoms with Gasteiger partial charge in [-0.2, -0.15) is 5.26 Å². The van der Waals surface area contributed by atoms with Gasteiger partial charge in [-0.05, 0) is 29.7 Å². The summed E-state index contributed by atoms with van der Waals surface area (Å²) in [5.41, 5.74) is 4.16. The number of aryl methyl sites for hydroxylation is 1. The van der Waals surface area contributed by atoms with Gasteiger partial charge in [-0.3, -0.25) is 5.32 Å². The van der Waals surface area contributed by atoms with E-state index in [1.807, 2.05) is 30.5 Å². The maximum Gasteiger partial charge on any atom is 0.182 e.